The summed E-state index contributed by atoms with van der Waals surface area (Å²) in [5.41, 5.74) is -6.43. The van der Waals surface area contributed by atoms with Crippen molar-refractivity contribution in [3.63, 3.8) is 0 Å². The van der Waals surface area contributed by atoms with E-state index in [0.29, 0.717) is 0 Å². The Morgan fingerprint density at radius 1 is 0.875 bits per heavy atom. The van der Waals surface area contributed by atoms with E-state index in [9.17, 15) is 26.3 Å². The van der Waals surface area contributed by atoms with Gasteiger partial charge in [-0.2, -0.15) is 26.3 Å². The molecule has 0 atom stereocenters. The molecule has 0 unspecified atom stereocenters. The van der Waals surface area contributed by atoms with Crippen molar-refractivity contribution < 1.29 is 31.4 Å². The third-order valence-electron chi connectivity index (χ3n) is 1.80. The van der Waals surface area contributed by atoms with Crippen LogP contribution in [0.3, 0.4) is 0 Å². The Morgan fingerprint density at radius 2 is 1.25 bits per heavy atom. The van der Waals surface area contributed by atoms with Crippen molar-refractivity contribution in [1.29, 1.82) is 0 Å². The van der Waals surface area contributed by atoms with Crippen molar-refractivity contribution in [2.45, 2.75) is 18.0 Å². The molecule has 1 N–H and O–H groups in total. The summed E-state index contributed by atoms with van der Waals surface area (Å²) in [7, 11) is 0. The van der Waals surface area contributed by atoms with Crippen LogP contribution in [0.4, 0.5) is 26.3 Å². The number of nitrogens with zero attached hydrogens (tertiary/aromatic N) is 2. The normalized spacial score (nSPS) is 13.9. The molecular weight excluding hydrogens is 242 g/mol. The van der Waals surface area contributed by atoms with Crippen LogP contribution in [0.5, 0.6) is 0 Å². The lowest BCUT2D eigenvalue weighted by Crippen LogP contribution is -2.54. The van der Waals surface area contributed by atoms with Gasteiger partial charge in [0.15, 0.2) is 0 Å². The van der Waals surface area contributed by atoms with E-state index in [-0.39, 0.29) is 12.4 Å². The van der Waals surface area contributed by atoms with Crippen LogP contribution in [-0.4, -0.2) is 27.4 Å². The maximum absolute atomic E-state index is 12.3. The lowest BCUT2D eigenvalue weighted by molar-refractivity contribution is -0.376. The van der Waals surface area contributed by atoms with E-state index in [4.69, 9.17) is 5.11 Å². The summed E-state index contributed by atoms with van der Waals surface area (Å²) in [4.78, 5) is 6.01. The first-order chi connectivity index (χ1) is 7.11. The summed E-state index contributed by atoms with van der Waals surface area (Å²) in [6, 6.07) is 0. The van der Waals surface area contributed by atoms with Crippen LogP contribution in [0.2, 0.25) is 0 Å². The summed E-state index contributed by atoms with van der Waals surface area (Å²) in [6.45, 7) is 0. The Hall–Kier alpha value is -1.38. The first-order valence-corrected chi connectivity index (χ1v) is 3.72. The largest absolute Gasteiger partial charge is 0.430 e. The molecule has 0 radical (unpaired) electrons. The Kier molecular flexibility index (Phi) is 2.84. The fourth-order valence-corrected chi connectivity index (χ4v) is 0.974. The molecule has 0 aliphatic carbocycles. The van der Waals surface area contributed by atoms with E-state index in [0.717, 1.165) is 6.33 Å². The highest BCUT2D eigenvalue weighted by molar-refractivity contribution is 5.20. The van der Waals surface area contributed by atoms with Crippen molar-refractivity contribution >= 4 is 0 Å². The van der Waals surface area contributed by atoms with Gasteiger partial charge in [0.1, 0.15) is 6.33 Å². The number of rotatable bonds is 1. The molecule has 3 nitrogen and oxygen atoms in total. The molecule has 0 bridgehead atoms. The molecule has 0 saturated heterocycles. The van der Waals surface area contributed by atoms with Crippen LogP contribution in [-0.2, 0) is 5.60 Å². The number of aromatic nitrogens is 2. The maximum Gasteiger partial charge on any atom is 0.430 e. The van der Waals surface area contributed by atoms with Gasteiger partial charge in [0, 0.05) is 18.0 Å². The van der Waals surface area contributed by atoms with Crippen molar-refractivity contribution in [3.8, 4) is 0 Å². The van der Waals surface area contributed by atoms with Gasteiger partial charge in [-0.15, -0.1) is 0 Å². The Labute approximate surface area is 84.8 Å². The highest BCUT2D eigenvalue weighted by Crippen LogP contribution is 2.49. The van der Waals surface area contributed by atoms with Gasteiger partial charge in [-0.25, -0.2) is 9.97 Å². The molecule has 0 spiro atoms. The first-order valence-electron chi connectivity index (χ1n) is 3.72. The first kappa shape index (κ1) is 12.7. The average Bonchev–Trinajstić information content (AvgIpc) is 2.14. The highest BCUT2D eigenvalue weighted by atomic mass is 19.4. The minimum atomic E-state index is -5.91. The number of hydrogen-bond donors (Lipinski definition) is 1. The van der Waals surface area contributed by atoms with E-state index in [1.54, 1.807) is 0 Å². The lowest BCUT2D eigenvalue weighted by atomic mass is 9.95. The Balaban J connectivity index is 3.39. The van der Waals surface area contributed by atoms with Crippen LogP contribution in [0.15, 0.2) is 18.7 Å². The quantitative estimate of drug-likeness (QED) is 0.768. The maximum atomic E-state index is 12.3. The zero-order chi connectivity index (χ0) is 12.6. The van der Waals surface area contributed by atoms with Gasteiger partial charge in [0.25, 0.3) is 5.60 Å². The second kappa shape index (κ2) is 3.58. The van der Waals surface area contributed by atoms with E-state index >= 15 is 0 Å². The van der Waals surface area contributed by atoms with Gasteiger partial charge in [0.05, 0.1) is 0 Å². The molecular formula is C7H4F6N2O. The molecule has 0 aliphatic rings. The zero-order valence-corrected chi connectivity index (χ0v) is 7.34. The second-order valence-corrected chi connectivity index (χ2v) is 2.83. The van der Waals surface area contributed by atoms with E-state index in [2.05, 4.69) is 9.97 Å². The molecule has 0 saturated carbocycles. The zero-order valence-electron chi connectivity index (χ0n) is 7.34. The smallest absolute Gasteiger partial charge is 0.369 e. The Bertz CT molecular complexity index is 345. The molecule has 1 aromatic rings. The molecule has 1 aromatic heterocycles. The molecule has 16 heavy (non-hydrogen) atoms. The predicted octanol–water partition coefficient (Wildman–Crippen LogP) is 1.79. The molecule has 1 heterocycles. The molecule has 0 amide bonds. The van der Waals surface area contributed by atoms with Crippen LogP contribution in [0.25, 0.3) is 0 Å². The molecule has 0 aromatic carbocycles. The number of aliphatic hydroxyl groups is 1. The van der Waals surface area contributed by atoms with Gasteiger partial charge >= 0.3 is 12.4 Å². The third kappa shape index (κ3) is 1.82. The minimum Gasteiger partial charge on any atom is -0.369 e. The van der Waals surface area contributed by atoms with Gasteiger partial charge < -0.3 is 5.11 Å². The number of halogens is 6. The van der Waals surface area contributed by atoms with E-state index in [1.165, 1.54) is 0 Å². The summed E-state index contributed by atoms with van der Waals surface area (Å²) in [5, 5.41) is 8.83. The summed E-state index contributed by atoms with van der Waals surface area (Å²) in [6.07, 6.45) is -10.6. The van der Waals surface area contributed by atoms with E-state index in [1.807, 2.05) is 0 Å². The van der Waals surface area contributed by atoms with Crippen molar-refractivity contribution in [3.05, 3.63) is 24.3 Å². The van der Waals surface area contributed by atoms with Crippen LogP contribution >= 0.6 is 0 Å². The average molecular weight is 246 g/mol. The van der Waals surface area contributed by atoms with Crippen LogP contribution in [0.1, 0.15) is 5.56 Å². The fraction of sp³-hybridized carbons (Fsp3) is 0.429. The monoisotopic (exact) mass is 246 g/mol. The van der Waals surface area contributed by atoms with Crippen LogP contribution in [0, 0.1) is 0 Å². The second-order valence-electron chi connectivity index (χ2n) is 2.83. The lowest BCUT2D eigenvalue weighted by Gasteiger charge is -2.31. The fourth-order valence-electron chi connectivity index (χ4n) is 0.974. The van der Waals surface area contributed by atoms with Crippen molar-refractivity contribution in [2.75, 3.05) is 0 Å². The molecule has 90 valence electrons. The number of alkyl halides is 6. The van der Waals surface area contributed by atoms with Crippen molar-refractivity contribution in [2.24, 2.45) is 0 Å². The van der Waals surface area contributed by atoms with E-state index < -0.39 is 23.5 Å². The summed E-state index contributed by atoms with van der Waals surface area (Å²) >= 11 is 0. The van der Waals surface area contributed by atoms with Gasteiger partial charge in [-0.1, -0.05) is 0 Å². The van der Waals surface area contributed by atoms with Gasteiger partial charge in [-0.05, 0) is 0 Å². The standard InChI is InChI=1S/C7H4F6N2O/c8-6(9,10)5(16,7(11,12)13)4-1-14-3-15-2-4/h1-3,16H. The van der Waals surface area contributed by atoms with Gasteiger partial charge in [0.2, 0.25) is 0 Å². The Morgan fingerprint density at radius 3 is 1.56 bits per heavy atom. The van der Waals surface area contributed by atoms with Crippen LogP contribution < -0.4 is 0 Å². The van der Waals surface area contributed by atoms with Crippen molar-refractivity contribution in [1.82, 2.24) is 9.97 Å². The predicted molar refractivity (Wildman–Crippen MR) is 38.0 cm³/mol. The third-order valence-corrected chi connectivity index (χ3v) is 1.80. The summed E-state index contributed by atoms with van der Waals surface area (Å²) < 4.78 is 73.6. The summed E-state index contributed by atoms with van der Waals surface area (Å²) in [5.74, 6) is 0. The minimum absolute atomic E-state index is 0.258. The molecule has 0 aliphatic heterocycles. The van der Waals surface area contributed by atoms with Gasteiger partial charge in [-0.3, -0.25) is 0 Å². The SMILES string of the molecule is OC(c1cncnc1)(C(F)(F)F)C(F)(F)F. The molecule has 1 rings (SSSR count). The molecule has 0 fully saturated rings. The number of hydrogen-bond acceptors (Lipinski definition) is 3. The molecule has 9 heteroatoms. The highest BCUT2D eigenvalue weighted by Gasteiger charge is 2.71. The topological polar surface area (TPSA) is 46.0 Å².